The molecule has 0 aromatic heterocycles. The molecule has 104 valence electrons. The van der Waals surface area contributed by atoms with Crippen LogP contribution in [0, 0.1) is 13.8 Å². The van der Waals surface area contributed by atoms with Crippen LogP contribution in [0.2, 0.25) is 0 Å². The van der Waals surface area contributed by atoms with Gasteiger partial charge < -0.3 is 10.1 Å². The number of hydrogen-bond donors (Lipinski definition) is 1. The number of hydrogen-bond acceptors (Lipinski definition) is 2. The number of rotatable bonds is 3. The molecule has 3 heteroatoms. The lowest BCUT2D eigenvalue weighted by atomic mass is 10.0. The van der Waals surface area contributed by atoms with E-state index in [9.17, 15) is 4.79 Å². The summed E-state index contributed by atoms with van der Waals surface area (Å²) in [6.07, 6.45) is -0.440. The van der Waals surface area contributed by atoms with Crippen LogP contribution in [-0.2, 0) is 0 Å². The highest BCUT2D eigenvalue weighted by Gasteiger charge is 2.13. The Morgan fingerprint density at radius 3 is 2.50 bits per heavy atom. The minimum absolute atomic E-state index is 0.0916. The van der Waals surface area contributed by atoms with Gasteiger partial charge in [0.1, 0.15) is 5.75 Å². The Morgan fingerprint density at radius 2 is 1.80 bits per heavy atom. The molecule has 20 heavy (non-hydrogen) atoms. The number of carbonyl (C=O) groups is 1. The molecule has 2 aromatic carbocycles. The normalized spacial score (nSPS) is 11.8. The molecule has 1 amide bonds. The van der Waals surface area contributed by atoms with Crippen LogP contribution in [0.3, 0.4) is 0 Å². The second-order valence-electron chi connectivity index (χ2n) is 4.93. The summed E-state index contributed by atoms with van der Waals surface area (Å²) in [5.74, 6) is 0.540. The third kappa shape index (κ3) is 3.60. The molecule has 0 fully saturated rings. The summed E-state index contributed by atoms with van der Waals surface area (Å²) in [6, 6.07) is 15.2. The fourth-order valence-corrected chi connectivity index (χ4v) is 2.11. The smallest absolute Gasteiger partial charge is 0.410 e. The molecular formula is C17H19NO2. The molecule has 2 aromatic rings. The molecule has 1 atom stereocenters. The number of benzene rings is 2. The largest absolute Gasteiger partial charge is 0.413 e. The fourth-order valence-electron chi connectivity index (χ4n) is 2.11. The van der Waals surface area contributed by atoms with Crippen molar-refractivity contribution >= 4 is 6.09 Å². The highest BCUT2D eigenvalue weighted by Crippen LogP contribution is 2.19. The molecule has 1 N–H and O–H groups in total. The molecule has 0 bridgehead atoms. The van der Waals surface area contributed by atoms with Crippen LogP contribution in [0.15, 0.2) is 48.5 Å². The molecule has 0 aliphatic carbocycles. The van der Waals surface area contributed by atoms with Gasteiger partial charge in [-0.2, -0.15) is 0 Å². The van der Waals surface area contributed by atoms with Crippen LogP contribution in [0.25, 0.3) is 0 Å². The number of amides is 1. The van der Waals surface area contributed by atoms with Crippen molar-refractivity contribution in [3.8, 4) is 5.75 Å². The SMILES string of the molecule is Cc1ccc(C)c(C(C)NC(=O)Oc2ccccc2)c1. The Balaban J connectivity index is 2.02. The zero-order chi connectivity index (χ0) is 14.5. The Hall–Kier alpha value is -2.29. The van der Waals surface area contributed by atoms with Crippen LogP contribution in [0.1, 0.15) is 29.7 Å². The predicted molar refractivity (Wildman–Crippen MR) is 79.9 cm³/mol. The van der Waals surface area contributed by atoms with E-state index in [1.807, 2.05) is 39.0 Å². The van der Waals surface area contributed by atoms with Crippen molar-refractivity contribution in [1.82, 2.24) is 5.32 Å². The number of ether oxygens (including phenoxy) is 1. The molecule has 0 heterocycles. The quantitative estimate of drug-likeness (QED) is 0.908. The van der Waals surface area contributed by atoms with Gasteiger partial charge in [-0.3, -0.25) is 0 Å². The zero-order valence-corrected chi connectivity index (χ0v) is 12.0. The monoisotopic (exact) mass is 269 g/mol. The maximum atomic E-state index is 11.9. The summed E-state index contributed by atoms with van der Waals surface area (Å²) in [5.41, 5.74) is 3.44. The van der Waals surface area contributed by atoms with Crippen molar-refractivity contribution < 1.29 is 9.53 Å². The number of nitrogens with one attached hydrogen (secondary N) is 1. The first-order chi connectivity index (χ1) is 9.56. The van der Waals surface area contributed by atoms with Gasteiger partial charge in [-0.25, -0.2) is 4.79 Å². The van der Waals surface area contributed by atoms with Crippen molar-refractivity contribution in [1.29, 1.82) is 0 Å². The molecule has 2 rings (SSSR count). The number of para-hydroxylation sites is 1. The predicted octanol–water partition coefficient (Wildman–Crippen LogP) is 4.15. The van der Waals surface area contributed by atoms with Gasteiger partial charge in [-0.05, 0) is 44.0 Å². The Labute approximate surface area is 119 Å². The van der Waals surface area contributed by atoms with E-state index in [2.05, 4.69) is 23.5 Å². The number of aryl methyl sites for hydroxylation is 2. The standard InChI is InChI=1S/C17H19NO2/c1-12-9-10-13(2)16(11-12)14(3)18-17(19)20-15-7-5-4-6-8-15/h4-11,14H,1-3H3,(H,18,19). The maximum Gasteiger partial charge on any atom is 0.413 e. The van der Waals surface area contributed by atoms with Gasteiger partial charge >= 0.3 is 6.09 Å². The Bertz CT molecular complexity index is 593. The molecule has 1 unspecified atom stereocenters. The molecule has 0 aliphatic rings. The summed E-state index contributed by atoms with van der Waals surface area (Å²) in [4.78, 5) is 11.9. The van der Waals surface area contributed by atoms with E-state index < -0.39 is 6.09 Å². The van der Waals surface area contributed by atoms with Crippen LogP contribution in [0.4, 0.5) is 4.79 Å². The van der Waals surface area contributed by atoms with Crippen LogP contribution >= 0.6 is 0 Å². The minimum atomic E-state index is -0.440. The third-order valence-corrected chi connectivity index (χ3v) is 3.19. The second kappa shape index (κ2) is 6.24. The lowest BCUT2D eigenvalue weighted by molar-refractivity contribution is 0.197. The second-order valence-corrected chi connectivity index (χ2v) is 4.93. The van der Waals surface area contributed by atoms with Gasteiger partial charge in [0.25, 0.3) is 0 Å². The lowest BCUT2D eigenvalue weighted by Crippen LogP contribution is -2.29. The number of carbonyl (C=O) groups excluding carboxylic acids is 1. The summed E-state index contributed by atoms with van der Waals surface area (Å²) >= 11 is 0. The summed E-state index contributed by atoms with van der Waals surface area (Å²) in [6.45, 7) is 6.03. The van der Waals surface area contributed by atoms with Crippen molar-refractivity contribution in [3.63, 3.8) is 0 Å². The summed E-state index contributed by atoms with van der Waals surface area (Å²) < 4.78 is 5.23. The van der Waals surface area contributed by atoms with E-state index in [1.165, 1.54) is 5.56 Å². The van der Waals surface area contributed by atoms with Gasteiger partial charge in [0.2, 0.25) is 0 Å². The van der Waals surface area contributed by atoms with Crippen molar-refractivity contribution in [2.45, 2.75) is 26.8 Å². The van der Waals surface area contributed by atoms with E-state index in [0.29, 0.717) is 5.75 Å². The van der Waals surface area contributed by atoms with Crippen LogP contribution < -0.4 is 10.1 Å². The zero-order valence-electron chi connectivity index (χ0n) is 12.0. The van der Waals surface area contributed by atoms with Gasteiger partial charge in [0.05, 0.1) is 6.04 Å². The van der Waals surface area contributed by atoms with Gasteiger partial charge in [0, 0.05) is 0 Å². The van der Waals surface area contributed by atoms with E-state index >= 15 is 0 Å². The first-order valence-electron chi connectivity index (χ1n) is 6.67. The topological polar surface area (TPSA) is 38.3 Å². The van der Waals surface area contributed by atoms with Crippen molar-refractivity contribution in [2.75, 3.05) is 0 Å². The van der Waals surface area contributed by atoms with Gasteiger partial charge in [0.15, 0.2) is 0 Å². The lowest BCUT2D eigenvalue weighted by Gasteiger charge is -2.17. The van der Waals surface area contributed by atoms with Gasteiger partial charge in [-0.15, -0.1) is 0 Å². The van der Waals surface area contributed by atoms with Crippen LogP contribution in [-0.4, -0.2) is 6.09 Å². The first kappa shape index (κ1) is 14.1. The Kier molecular flexibility index (Phi) is 4.41. The molecule has 0 aliphatic heterocycles. The Morgan fingerprint density at radius 1 is 1.10 bits per heavy atom. The molecule has 3 nitrogen and oxygen atoms in total. The highest BCUT2D eigenvalue weighted by molar-refractivity contribution is 5.71. The summed E-state index contributed by atoms with van der Waals surface area (Å²) in [7, 11) is 0. The van der Waals surface area contributed by atoms with E-state index in [1.54, 1.807) is 12.1 Å². The van der Waals surface area contributed by atoms with E-state index in [4.69, 9.17) is 4.74 Å². The minimum Gasteiger partial charge on any atom is -0.410 e. The molecule has 0 saturated heterocycles. The van der Waals surface area contributed by atoms with Crippen LogP contribution in [0.5, 0.6) is 5.75 Å². The molecule has 0 radical (unpaired) electrons. The van der Waals surface area contributed by atoms with E-state index in [0.717, 1.165) is 11.1 Å². The third-order valence-electron chi connectivity index (χ3n) is 3.19. The maximum absolute atomic E-state index is 11.9. The first-order valence-corrected chi connectivity index (χ1v) is 6.67. The van der Waals surface area contributed by atoms with Crippen molar-refractivity contribution in [2.24, 2.45) is 0 Å². The molecular weight excluding hydrogens is 250 g/mol. The molecule has 0 spiro atoms. The molecule has 0 saturated carbocycles. The summed E-state index contributed by atoms with van der Waals surface area (Å²) in [5, 5.41) is 2.85. The van der Waals surface area contributed by atoms with Gasteiger partial charge in [-0.1, -0.05) is 42.0 Å². The average molecular weight is 269 g/mol. The van der Waals surface area contributed by atoms with Crippen molar-refractivity contribution in [3.05, 3.63) is 65.2 Å². The highest BCUT2D eigenvalue weighted by atomic mass is 16.6. The fraction of sp³-hybridized carbons (Fsp3) is 0.235. The van der Waals surface area contributed by atoms with E-state index in [-0.39, 0.29) is 6.04 Å². The average Bonchev–Trinajstić information content (AvgIpc) is 2.42.